The first-order chi connectivity index (χ1) is 6.92. The molecule has 0 saturated carbocycles. The van der Waals surface area contributed by atoms with Gasteiger partial charge in [-0.05, 0) is 27.2 Å². The maximum atomic E-state index is 5.29. The fourth-order valence-electron chi connectivity index (χ4n) is 1.20. The maximum absolute atomic E-state index is 5.29. The highest BCUT2D eigenvalue weighted by atomic mass is 16.5. The van der Waals surface area contributed by atoms with Gasteiger partial charge in [-0.25, -0.2) is 0 Å². The monoisotopic (exact) mass is 210 g/mol. The summed E-state index contributed by atoms with van der Waals surface area (Å²) in [5, 5.41) is 7.44. The van der Waals surface area contributed by atoms with Crippen LogP contribution < -0.4 is 5.32 Å². The minimum absolute atomic E-state index is 0.121. The second-order valence-corrected chi connectivity index (χ2v) is 5.13. The molecule has 1 N–H and O–H groups in total. The van der Waals surface area contributed by atoms with E-state index in [9.17, 15) is 0 Å². The number of hydrogen-bond donors (Lipinski definition) is 1. The van der Waals surface area contributed by atoms with Gasteiger partial charge in [-0.3, -0.25) is 0 Å². The van der Waals surface area contributed by atoms with Crippen molar-refractivity contribution in [2.24, 2.45) is 0 Å². The van der Waals surface area contributed by atoms with Crippen LogP contribution in [0, 0.1) is 0 Å². The van der Waals surface area contributed by atoms with Crippen molar-refractivity contribution >= 4 is 0 Å². The Morgan fingerprint density at radius 2 is 2.13 bits per heavy atom. The molecule has 0 aliphatic carbocycles. The summed E-state index contributed by atoms with van der Waals surface area (Å²) in [6.07, 6.45) is 1.08. The van der Waals surface area contributed by atoms with E-state index in [0.29, 0.717) is 5.92 Å². The molecule has 0 aliphatic heterocycles. The molecule has 0 bridgehead atoms. The maximum Gasteiger partial charge on any atom is 0.139 e. The molecule has 0 aromatic carbocycles. The van der Waals surface area contributed by atoms with Crippen molar-refractivity contribution in [1.29, 1.82) is 0 Å². The van der Waals surface area contributed by atoms with Crippen LogP contribution in [0.25, 0.3) is 0 Å². The average Bonchev–Trinajstić information content (AvgIpc) is 2.61. The summed E-state index contributed by atoms with van der Waals surface area (Å²) in [7, 11) is 0. The minimum atomic E-state index is 0.121. The summed E-state index contributed by atoms with van der Waals surface area (Å²) >= 11 is 0. The molecule has 1 rings (SSSR count). The normalized spacial score (nSPS) is 14.2. The van der Waals surface area contributed by atoms with Gasteiger partial charge in [-0.2, -0.15) is 0 Å². The lowest BCUT2D eigenvalue weighted by Crippen LogP contribution is -2.35. The number of nitrogens with one attached hydrogen (secondary N) is 1. The molecular weight excluding hydrogens is 188 g/mol. The van der Waals surface area contributed by atoms with E-state index in [0.717, 1.165) is 24.4 Å². The number of rotatable bonds is 4. The summed E-state index contributed by atoms with van der Waals surface area (Å²) in [5.41, 5.74) is 1.11. The smallest absolute Gasteiger partial charge is 0.139 e. The Bertz CT molecular complexity index is 299. The van der Waals surface area contributed by atoms with Crippen LogP contribution in [0.5, 0.6) is 0 Å². The van der Waals surface area contributed by atoms with Gasteiger partial charge in [-0.15, -0.1) is 0 Å². The molecule has 3 nitrogen and oxygen atoms in total. The van der Waals surface area contributed by atoms with Gasteiger partial charge >= 0.3 is 0 Å². The fraction of sp³-hybridized carbons (Fsp3) is 0.750. The Morgan fingerprint density at radius 1 is 1.47 bits per heavy atom. The first-order valence-corrected chi connectivity index (χ1v) is 5.63. The lowest BCUT2D eigenvalue weighted by atomic mass is 10.1. The van der Waals surface area contributed by atoms with Gasteiger partial charge in [0.2, 0.25) is 0 Å². The number of nitrogens with zero attached hydrogens (tertiary/aromatic N) is 1. The second-order valence-electron chi connectivity index (χ2n) is 5.13. The zero-order chi connectivity index (χ0) is 11.5. The summed E-state index contributed by atoms with van der Waals surface area (Å²) in [6.45, 7) is 11.5. The molecular formula is C12H22N2O. The first kappa shape index (κ1) is 12.2. The Balaban J connectivity index is 2.53. The van der Waals surface area contributed by atoms with Gasteiger partial charge in [0, 0.05) is 24.1 Å². The molecule has 1 unspecified atom stereocenters. The summed E-state index contributed by atoms with van der Waals surface area (Å²) in [5.74, 6) is 1.45. The van der Waals surface area contributed by atoms with Crippen LogP contribution >= 0.6 is 0 Å². The van der Waals surface area contributed by atoms with Crippen LogP contribution in [0.1, 0.15) is 58.4 Å². The number of aromatic nitrogens is 1. The van der Waals surface area contributed by atoms with Crippen LogP contribution in [0.4, 0.5) is 0 Å². The molecule has 0 fully saturated rings. The Hall–Kier alpha value is -0.830. The van der Waals surface area contributed by atoms with Crippen molar-refractivity contribution < 1.29 is 4.52 Å². The van der Waals surface area contributed by atoms with Crippen molar-refractivity contribution in [1.82, 2.24) is 10.5 Å². The second kappa shape index (κ2) is 4.79. The van der Waals surface area contributed by atoms with E-state index in [1.165, 1.54) is 0 Å². The molecule has 0 amide bonds. The van der Waals surface area contributed by atoms with Crippen molar-refractivity contribution in [3.05, 3.63) is 17.5 Å². The topological polar surface area (TPSA) is 38.1 Å². The van der Waals surface area contributed by atoms with Gasteiger partial charge in [-0.1, -0.05) is 19.0 Å². The van der Waals surface area contributed by atoms with Crippen LogP contribution in [-0.4, -0.2) is 10.7 Å². The lowest BCUT2D eigenvalue weighted by molar-refractivity contribution is 0.350. The molecule has 0 spiro atoms. The molecule has 3 heteroatoms. The molecule has 86 valence electrons. The van der Waals surface area contributed by atoms with Gasteiger partial charge in [0.15, 0.2) is 0 Å². The Labute approximate surface area is 92.2 Å². The summed E-state index contributed by atoms with van der Waals surface area (Å²) in [4.78, 5) is 0. The third-order valence-corrected chi connectivity index (χ3v) is 2.48. The van der Waals surface area contributed by atoms with Gasteiger partial charge in [0.25, 0.3) is 0 Å². The van der Waals surface area contributed by atoms with Crippen molar-refractivity contribution in [3.8, 4) is 0 Å². The minimum Gasteiger partial charge on any atom is -0.361 e. The van der Waals surface area contributed by atoms with E-state index in [1.54, 1.807) is 0 Å². The van der Waals surface area contributed by atoms with Gasteiger partial charge in [0.05, 0.1) is 5.69 Å². The zero-order valence-electron chi connectivity index (χ0n) is 10.4. The van der Waals surface area contributed by atoms with Crippen LogP contribution in [0.3, 0.4) is 0 Å². The third-order valence-electron chi connectivity index (χ3n) is 2.48. The molecule has 0 saturated heterocycles. The van der Waals surface area contributed by atoms with Crippen LogP contribution in [0.2, 0.25) is 0 Å². The van der Waals surface area contributed by atoms with Crippen LogP contribution in [0.15, 0.2) is 10.6 Å². The summed E-state index contributed by atoms with van der Waals surface area (Å²) in [6, 6.07) is 2.05. The molecule has 1 aromatic heterocycles. The fourth-order valence-corrected chi connectivity index (χ4v) is 1.20. The molecule has 1 atom stereocenters. The van der Waals surface area contributed by atoms with Crippen molar-refractivity contribution in [3.63, 3.8) is 0 Å². The summed E-state index contributed by atoms with van der Waals surface area (Å²) < 4.78 is 5.29. The predicted octanol–water partition coefficient (Wildman–Crippen LogP) is 3.08. The standard InChI is InChI=1S/C12H22N2O/c1-6-9(2)11-7-10(14-15-11)8-13-12(3,4)5/h7,9,13H,6,8H2,1-5H3. The molecule has 0 aliphatic rings. The van der Waals surface area contributed by atoms with E-state index in [2.05, 4.69) is 45.1 Å². The highest BCUT2D eigenvalue weighted by molar-refractivity contribution is 5.09. The molecule has 0 radical (unpaired) electrons. The molecule has 1 heterocycles. The zero-order valence-corrected chi connectivity index (χ0v) is 10.4. The molecule has 1 aromatic rings. The largest absolute Gasteiger partial charge is 0.361 e. The lowest BCUT2D eigenvalue weighted by Gasteiger charge is -2.19. The van der Waals surface area contributed by atoms with Crippen molar-refractivity contribution in [2.45, 2.75) is 59.0 Å². The van der Waals surface area contributed by atoms with E-state index in [1.807, 2.05) is 6.07 Å². The third kappa shape index (κ3) is 4.04. The first-order valence-electron chi connectivity index (χ1n) is 5.63. The number of hydrogen-bond acceptors (Lipinski definition) is 3. The van der Waals surface area contributed by atoms with E-state index < -0.39 is 0 Å². The van der Waals surface area contributed by atoms with Crippen molar-refractivity contribution in [2.75, 3.05) is 0 Å². The molecule has 15 heavy (non-hydrogen) atoms. The quantitative estimate of drug-likeness (QED) is 0.830. The highest BCUT2D eigenvalue weighted by Crippen LogP contribution is 2.19. The SMILES string of the molecule is CCC(C)c1cc(CNC(C)(C)C)no1. The predicted molar refractivity (Wildman–Crippen MR) is 61.8 cm³/mol. The van der Waals surface area contributed by atoms with E-state index in [4.69, 9.17) is 4.52 Å². The van der Waals surface area contributed by atoms with Gasteiger partial charge < -0.3 is 9.84 Å². The van der Waals surface area contributed by atoms with E-state index in [-0.39, 0.29) is 5.54 Å². The Morgan fingerprint density at radius 3 is 2.67 bits per heavy atom. The highest BCUT2D eigenvalue weighted by Gasteiger charge is 2.13. The van der Waals surface area contributed by atoms with E-state index >= 15 is 0 Å². The van der Waals surface area contributed by atoms with Crippen LogP contribution in [-0.2, 0) is 6.54 Å². The average molecular weight is 210 g/mol. The van der Waals surface area contributed by atoms with Gasteiger partial charge in [0.1, 0.15) is 5.76 Å². The Kier molecular flexibility index (Phi) is 3.91.